The molecule has 0 spiro atoms. The predicted molar refractivity (Wildman–Crippen MR) is 85.1 cm³/mol. The van der Waals surface area contributed by atoms with Crippen molar-refractivity contribution < 1.29 is 18.8 Å². The van der Waals surface area contributed by atoms with E-state index in [1.54, 1.807) is 50.4 Å². The van der Waals surface area contributed by atoms with Gasteiger partial charge in [-0.05, 0) is 38.1 Å². The number of hydrogen-bond acceptors (Lipinski definition) is 6. The quantitative estimate of drug-likeness (QED) is 0.745. The molecule has 1 atom stereocenters. The maximum absolute atomic E-state index is 12.6. The second-order valence-electron chi connectivity index (χ2n) is 5.61. The SMILES string of the molecule is Cc1onc(-c2ccccn2)c1C(=O)NCC(C)(O)c1ccco1. The van der Waals surface area contributed by atoms with E-state index in [1.807, 2.05) is 0 Å². The minimum Gasteiger partial charge on any atom is -0.466 e. The fraction of sp³-hybridized carbons (Fsp3) is 0.235. The van der Waals surface area contributed by atoms with E-state index in [4.69, 9.17) is 8.94 Å². The molecule has 0 bridgehead atoms. The van der Waals surface area contributed by atoms with E-state index in [-0.39, 0.29) is 6.54 Å². The lowest BCUT2D eigenvalue weighted by atomic mass is 10.0. The highest BCUT2D eigenvalue weighted by Crippen LogP contribution is 2.24. The molecule has 0 saturated carbocycles. The third-order valence-corrected chi connectivity index (χ3v) is 3.64. The maximum atomic E-state index is 12.6. The molecule has 7 nitrogen and oxygen atoms in total. The summed E-state index contributed by atoms with van der Waals surface area (Å²) < 4.78 is 10.3. The van der Waals surface area contributed by atoms with Gasteiger partial charge in [0, 0.05) is 6.20 Å². The van der Waals surface area contributed by atoms with Crippen molar-refractivity contribution in [1.82, 2.24) is 15.5 Å². The zero-order valence-corrected chi connectivity index (χ0v) is 13.3. The van der Waals surface area contributed by atoms with Gasteiger partial charge in [0.2, 0.25) is 0 Å². The van der Waals surface area contributed by atoms with E-state index in [9.17, 15) is 9.90 Å². The summed E-state index contributed by atoms with van der Waals surface area (Å²) in [6, 6.07) is 8.64. The monoisotopic (exact) mass is 327 g/mol. The molecule has 1 amide bonds. The average molecular weight is 327 g/mol. The van der Waals surface area contributed by atoms with Gasteiger partial charge in [0.25, 0.3) is 5.91 Å². The minimum atomic E-state index is -1.32. The fourth-order valence-electron chi connectivity index (χ4n) is 2.33. The van der Waals surface area contributed by atoms with E-state index < -0.39 is 11.5 Å². The van der Waals surface area contributed by atoms with Crippen LogP contribution in [0.15, 0.2) is 51.7 Å². The number of nitrogens with zero attached hydrogens (tertiary/aromatic N) is 2. The van der Waals surface area contributed by atoms with Gasteiger partial charge in [-0.25, -0.2) is 0 Å². The summed E-state index contributed by atoms with van der Waals surface area (Å²) in [5, 5.41) is 17.0. The van der Waals surface area contributed by atoms with Gasteiger partial charge in [0.15, 0.2) is 0 Å². The number of rotatable bonds is 5. The summed E-state index contributed by atoms with van der Waals surface area (Å²) >= 11 is 0. The van der Waals surface area contributed by atoms with Crippen molar-refractivity contribution in [2.24, 2.45) is 0 Å². The maximum Gasteiger partial charge on any atom is 0.257 e. The molecular formula is C17H17N3O4. The van der Waals surface area contributed by atoms with Crippen molar-refractivity contribution in [1.29, 1.82) is 0 Å². The van der Waals surface area contributed by atoms with Gasteiger partial charge in [-0.1, -0.05) is 11.2 Å². The third-order valence-electron chi connectivity index (χ3n) is 3.64. The summed E-state index contributed by atoms with van der Waals surface area (Å²) in [5.41, 5.74) is -0.125. The van der Waals surface area contributed by atoms with Crippen LogP contribution in [0.2, 0.25) is 0 Å². The van der Waals surface area contributed by atoms with Crippen LogP contribution in [0.3, 0.4) is 0 Å². The first-order valence-electron chi connectivity index (χ1n) is 7.41. The van der Waals surface area contributed by atoms with Crippen LogP contribution in [0, 0.1) is 6.92 Å². The van der Waals surface area contributed by atoms with E-state index in [2.05, 4.69) is 15.5 Å². The Hall–Kier alpha value is -2.93. The summed E-state index contributed by atoms with van der Waals surface area (Å²) in [7, 11) is 0. The second kappa shape index (κ2) is 6.29. The first-order valence-corrected chi connectivity index (χ1v) is 7.41. The van der Waals surface area contributed by atoms with Crippen LogP contribution < -0.4 is 5.32 Å². The van der Waals surface area contributed by atoms with Gasteiger partial charge in [0.1, 0.15) is 28.4 Å². The molecule has 3 rings (SSSR count). The number of nitrogens with one attached hydrogen (secondary N) is 1. The molecule has 0 fully saturated rings. The Morgan fingerprint density at radius 2 is 2.17 bits per heavy atom. The van der Waals surface area contributed by atoms with Crippen LogP contribution in [-0.4, -0.2) is 27.7 Å². The molecule has 3 aromatic rings. The lowest BCUT2D eigenvalue weighted by Gasteiger charge is -2.21. The molecule has 3 heterocycles. The van der Waals surface area contributed by atoms with E-state index in [0.717, 1.165) is 0 Å². The number of pyridine rings is 1. The summed E-state index contributed by atoms with van der Waals surface area (Å²) in [4.78, 5) is 16.7. The van der Waals surface area contributed by atoms with Gasteiger partial charge in [-0.3, -0.25) is 9.78 Å². The molecule has 2 N–H and O–H groups in total. The van der Waals surface area contributed by atoms with Crippen LogP contribution >= 0.6 is 0 Å². The second-order valence-corrected chi connectivity index (χ2v) is 5.61. The Morgan fingerprint density at radius 1 is 1.33 bits per heavy atom. The number of aryl methyl sites for hydroxylation is 1. The molecule has 0 aliphatic rings. The Kier molecular flexibility index (Phi) is 4.18. The van der Waals surface area contributed by atoms with Crippen LogP contribution in [0.5, 0.6) is 0 Å². The molecule has 7 heteroatoms. The number of hydrogen-bond donors (Lipinski definition) is 2. The highest BCUT2D eigenvalue weighted by atomic mass is 16.5. The topological polar surface area (TPSA) is 101 Å². The van der Waals surface area contributed by atoms with Crippen molar-refractivity contribution in [2.75, 3.05) is 6.54 Å². The fourth-order valence-corrected chi connectivity index (χ4v) is 2.33. The smallest absolute Gasteiger partial charge is 0.257 e. The van der Waals surface area contributed by atoms with Crippen LogP contribution in [-0.2, 0) is 5.60 Å². The lowest BCUT2D eigenvalue weighted by Crippen LogP contribution is -2.38. The normalized spacial score (nSPS) is 13.5. The molecule has 24 heavy (non-hydrogen) atoms. The number of furan rings is 1. The summed E-state index contributed by atoms with van der Waals surface area (Å²) in [5.74, 6) is 0.349. The van der Waals surface area contributed by atoms with Crippen molar-refractivity contribution in [3.8, 4) is 11.4 Å². The number of aromatic nitrogens is 2. The number of aliphatic hydroxyl groups is 1. The Morgan fingerprint density at radius 3 is 2.83 bits per heavy atom. The van der Waals surface area contributed by atoms with Gasteiger partial charge in [0.05, 0.1) is 18.5 Å². The van der Waals surface area contributed by atoms with Crippen LogP contribution in [0.25, 0.3) is 11.4 Å². The van der Waals surface area contributed by atoms with Gasteiger partial charge < -0.3 is 19.4 Å². The molecule has 1 unspecified atom stereocenters. The summed E-state index contributed by atoms with van der Waals surface area (Å²) in [6.45, 7) is 3.19. The van der Waals surface area contributed by atoms with Crippen molar-refractivity contribution >= 4 is 5.91 Å². The standard InChI is InChI=1S/C17H17N3O4/c1-11-14(15(20-24-11)12-6-3-4-8-18-12)16(21)19-10-17(2,22)13-7-5-9-23-13/h3-9,22H,10H2,1-2H3,(H,19,21). The zero-order valence-electron chi connectivity index (χ0n) is 13.3. The van der Waals surface area contributed by atoms with E-state index in [0.29, 0.717) is 28.5 Å². The van der Waals surface area contributed by atoms with Crippen LogP contribution in [0.1, 0.15) is 28.8 Å². The van der Waals surface area contributed by atoms with Crippen LogP contribution in [0.4, 0.5) is 0 Å². The first-order chi connectivity index (χ1) is 11.5. The van der Waals surface area contributed by atoms with Crippen molar-refractivity contribution in [3.05, 3.63) is 59.9 Å². The number of carbonyl (C=O) groups excluding carboxylic acids is 1. The molecule has 0 radical (unpaired) electrons. The van der Waals surface area contributed by atoms with E-state index >= 15 is 0 Å². The Balaban J connectivity index is 1.80. The average Bonchev–Trinajstić information content (AvgIpc) is 3.23. The Labute approximate surface area is 138 Å². The molecule has 3 aromatic heterocycles. The molecule has 0 saturated heterocycles. The van der Waals surface area contributed by atoms with Crippen molar-refractivity contribution in [3.63, 3.8) is 0 Å². The third kappa shape index (κ3) is 3.07. The largest absolute Gasteiger partial charge is 0.466 e. The first kappa shape index (κ1) is 15.9. The molecule has 124 valence electrons. The van der Waals surface area contributed by atoms with Gasteiger partial charge >= 0.3 is 0 Å². The molecule has 0 aliphatic heterocycles. The van der Waals surface area contributed by atoms with Gasteiger partial charge in [-0.15, -0.1) is 0 Å². The molecule has 0 aromatic carbocycles. The predicted octanol–water partition coefficient (Wildman–Crippen LogP) is 2.28. The number of carbonyl (C=O) groups is 1. The van der Waals surface area contributed by atoms with Gasteiger partial charge in [-0.2, -0.15) is 0 Å². The highest BCUT2D eigenvalue weighted by Gasteiger charge is 2.29. The Bertz CT molecular complexity index is 823. The highest BCUT2D eigenvalue weighted by molar-refractivity contribution is 6.00. The molecular weight excluding hydrogens is 310 g/mol. The number of amides is 1. The lowest BCUT2D eigenvalue weighted by molar-refractivity contribution is 0.0330. The zero-order chi connectivity index (χ0) is 17.2. The summed E-state index contributed by atoms with van der Waals surface area (Å²) in [6.07, 6.45) is 3.08. The van der Waals surface area contributed by atoms with Crippen molar-refractivity contribution in [2.45, 2.75) is 19.4 Å². The molecule has 0 aliphatic carbocycles. The minimum absolute atomic E-state index is 0.0222. The van der Waals surface area contributed by atoms with E-state index in [1.165, 1.54) is 6.26 Å².